The normalized spacial score (nSPS) is 11.1. The average Bonchev–Trinajstić information content (AvgIpc) is 2.90. The van der Waals surface area contributed by atoms with Gasteiger partial charge in [0.1, 0.15) is 0 Å². The van der Waals surface area contributed by atoms with Crippen molar-refractivity contribution in [2.75, 3.05) is 6.54 Å². The Morgan fingerprint density at radius 3 is 2.65 bits per heavy atom. The molecule has 2 N–H and O–H groups in total. The van der Waals surface area contributed by atoms with Crippen molar-refractivity contribution in [2.24, 2.45) is 5.73 Å². The summed E-state index contributed by atoms with van der Waals surface area (Å²) in [5.41, 5.74) is 8.04. The molecule has 0 atom stereocenters. The molecule has 102 valence electrons. The van der Waals surface area contributed by atoms with E-state index in [1.807, 2.05) is 0 Å². The summed E-state index contributed by atoms with van der Waals surface area (Å²) in [5.74, 6) is 0. The summed E-state index contributed by atoms with van der Waals surface area (Å²) >= 11 is 1.79. The lowest BCUT2D eigenvalue weighted by atomic mass is 10.0. The van der Waals surface area contributed by atoms with Crippen LogP contribution in [0.15, 0.2) is 42.5 Å². The molecule has 0 spiro atoms. The number of aromatic nitrogens is 1. The Balaban J connectivity index is 2.11. The molecule has 3 aromatic rings. The van der Waals surface area contributed by atoms with Crippen LogP contribution in [0.1, 0.15) is 16.8 Å². The van der Waals surface area contributed by atoms with Gasteiger partial charge in [-0.3, -0.25) is 0 Å². The fraction of sp³-hybridized carbons (Fsp3) is 0.235. The van der Waals surface area contributed by atoms with Crippen LogP contribution < -0.4 is 5.73 Å². The molecule has 0 fully saturated rings. The van der Waals surface area contributed by atoms with E-state index in [0.717, 1.165) is 18.5 Å². The Morgan fingerprint density at radius 2 is 1.90 bits per heavy atom. The topological polar surface area (TPSA) is 38.9 Å². The Labute approximate surface area is 123 Å². The number of nitrogens with two attached hydrogens (primary N) is 1. The maximum absolute atomic E-state index is 5.73. The molecule has 0 aliphatic heterocycles. The number of hydrogen-bond acceptors (Lipinski definition) is 3. The van der Waals surface area contributed by atoms with Crippen molar-refractivity contribution in [1.82, 2.24) is 4.98 Å². The van der Waals surface area contributed by atoms with Crippen LogP contribution in [0.25, 0.3) is 22.0 Å². The van der Waals surface area contributed by atoms with E-state index in [0.29, 0.717) is 6.54 Å². The minimum atomic E-state index is 0.673. The van der Waals surface area contributed by atoms with Crippen LogP contribution in [0.3, 0.4) is 0 Å². The van der Waals surface area contributed by atoms with Crippen LogP contribution in [0, 0.1) is 0 Å². The lowest BCUT2D eigenvalue weighted by Gasteiger charge is -2.04. The summed E-state index contributed by atoms with van der Waals surface area (Å²) in [5, 5.41) is 3.72. The molecule has 0 amide bonds. The molecule has 20 heavy (non-hydrogen) atoms. The lowest BCUT2D eigenvalue weighted by molar-refractivity contribution is 0.985. The first-order chi connectivity index (χ1) is 9.81. The maximum atomic E-state index is 5.73. The molecule has 0 saturated heterocycles. The third-order valence-corrected chi connectivity index (χ3v) is 4.70. The predicted octanol–water partition coefficient (Wildman–Crippen LogP) is 4.03. The van der Waals surface area contributed by atoms with Crippen LogP contribution in [0.2, 0.25) is 0 Å². The highest BCUT2D eigenvalue weighted by Crippen LogP contribution is 2.31. The van der Waals surface area contributed by atoms with Gasteiger partial charge < -0.3 is 5.73 Å². The second-order valence-electron chi connectivity index (χ2n) is 4.83. The second-order valence-corrected chi connectivity index (χ2v) is 6.00. The molecule has 2 aromatic carbocycles. The van der Waals surface area contributed by atoms with Crippen LogP contribution in [-0.2, 0) is 12.8 Å². The zero-order valence-electron chi connectivity index (χ0n) is 11.6. The Bertz CT molecular complexity index is 731. The van der Waals surface area contributed by atoms with Crippen molar-refractivity contribution in [3.05, 3.63) is 52.3 Å². The van der Waals surface area contributed by atoms with Gasteiger partial charge in [0.05, 0.1) is 10.7 Å². The van der Waals surface area contributed by atoms with Gasteiger partial charge in [0, 0.05) is 10.4 Å². The largest absolute Gasteiger partial charge is 0.330 e. The zero-order valence-corrected chi connectivity index (χ0v) is 12.4. The van der Waals surface area contributed by atoms with E-state index in [4.69, 9.17) is 10.7 Å². The van der Waals surface area contributed by atoms with Gasteiger partial charge in [0.25, 0.3) is 0 Å². The van der Waals surface area contributed by atoms with Crippen molar-refractivity contribution < 1.29 is 0 Å². The molecule has 3 heteroatoms. The van der Waals surface area contributed by atoms with Crippen LogP contribution in [0.5, 0.6) is 0 Å². The van der Waals surface area contributed by atoms with E-state index >= 15 is 0 Å². The summed E-state index contributed by atoms with van der Waals surface area (Å²) in [4.78, 5) is 6.09. The highest BCUT2D eigenvalue weighted by Gasteiger charge is 2.12. The van der Waals surface area contributed by atoms with E-state index in [2.05, 4.69) is 49.4 Å². The number of aryl methyl sites for hydroxylation is 1. The number of fused-ring (bicyclic) bond motifs is 1. The summed E-state index contributed by atoms with van der Waals surface area (Å²) in [6.07, 6.45) is 1.88. The van der Waals surface area contributed by atoms with Crippen molar-refractivity contribution >= 4 is 22.1 Å². The number of rotatable bonds is 4. The van der Waals surface area contributed by atoms with E-state index in [9.17, 15) is 0 Å². The molecular weight excluding hydrogens is 264 g/mol. The van der Waals surface area contributed by atoms with E-state index in [-0.39, 0.29) is 0 Å². The van der Waals surface area contributed by atoms with Crippen molar-refractivity contribution in [3.8, 4) is 11.3 Å². The second kappa shape index (κ2) is 5.73. The molecule has 0 bridgehead atoms. The van der Waals surface area contributed by atoms with E-state index in [1.165, 1.54) is 26.2 Å². The first kappa shape index (κ1) is 13.3. The first-order valence-electron chi connectivity index (χ1n) is 6.99. The molecule has 0 radical (unpaired) electrons. The molecule has 1 aromatic heterocycles. The van der Waals surface area contributed by atoms with Gasteiger partial charge in [-0.2, -0.15) is 0 Å². The molecule has 0 unspecified atom stereocenters. The summed E-state index contributed by atoms with van der Waals surface area (Å²) < 4.78 is 0. The van der Waals surface area contributed by atoms with Crippen molar-refractivity contribution in [3.63, 3.8) is 0 Å². The molecule has 0 aliphatic rings. The summed E-state index contributed by atoms with van der Waals surface area (Å²) in [6, 6.07) is 15.0. The van der Waals surface area contributed by atoms with Gasteiger partial charge in [-0.15, -0.1) is 11.3 Å². The molecular formula is C17H18N2S. The highest BCUT2D eigenvalue weighted by atomic mass is 32.1. The number of thiazole rings is 1. The molecule has 1 heterocycles. The fourth-order valence-electron chi connectivity index (χ4n) is 2.41. The molecule has 0 saturated carbocycles. The molecule has 2 nitrogen and oxygen atoms in total. The summed E-state index contributed by atoms with van der Waals surface area (Å²) in [6.45, 7) is 2.82. The van der Waals surface area contributed by atoms with Crippen LogP contribution in [0.4, 0.5) is 0 Å². The van der Waals surface area contributed by atoms with Crippen molar-refractivity contribution in [2.45, 2.75) is 19.8 Å². The average molecular weight is 282 g/mol. The van der Waals surface area contributed by atoms with Crippen LogP contribution >= 0.6 is 11.3 Å². The third kappa shape index (κ3) is 2.47. The number of nitrogens with zero attached hydrogens (tertiary/aromatic N) is 1. The Morgan fingerprint density at radius 1 is 1.10 bits per heavy atom. The first-order valence-corrected chi connectivity index (χ1v) is 7.81. The Kier molecular flexibility index (Phi) is 3.81. The van der Waals surface area contributed by atoms with Gasteiger partial charge in [-0.05, 0) is 36.2 Å². The highest BCUT2D eigenvalue weighted by molar-refractivity contribution is 7.12. The number of benzene rings is 2. The quantitative estimate of drug-likeness (QED) is 0.784. The smallest absolute Gasteiger partial charge is 0.0932 e. The minimum Gasteiger partial charge on any atom is -0.330 e. The molecule has 0 aliphatic carbocycles. The lowest BCUT2D eigenvalue weighted by Crippen LogP contribution is -2.02. The SMILES string of the molecule is CCc1nc(-c2ccc3ccccc3c2)c(CCN)s1. The predicted molar refractivity (Wildman–Crippen MR) is 87.2 cm³/mol. The van der Waals surface area contributed by atoms with Crippen molar-refractivity contribution in [1.29, 1.82) is 0 Å². The van der Waals surface area contributed by atoms with Gasteiger partial charge in [-0.1, -0.05) is 43.3 Å². The van der Waals surface area contributed by atoms with Gasteiger partial charge in [0.2, 0.25) is 0 Å². The van der Waals surface area contributed by atoms with Gasteiger partial charge >= 0.3 is 0 Å². The fourth-order valence-corrected chi connectivity index (χ4v) is 3.46. The maximum Gasteiger partial charge on any atom is 0.0932 e. The van der Waals surface area contributed by atoms with Gasteiger partial charge in [-0.25, -0.2) is 4.98 Å². The standard InChI is InChI=1S/C17H18N2S/c1-2-16-19-17(15(20-16)9-10-18)14-8-7-12-5-3-4-6-13(12)11-14/h3-8,11H,2,9-10,18H2,1H3. The Hall–Kier alpha value is -1.71. The van der Waals surface area contributed by atoms with Gasteiger partial charge in [0.15, 0.2) is 0 Å². The van der Waals surface area contributed by atoms with Crippen LogP contribution in [-0.4, -0.2) is 11.5 Å². The zero-order chi connectivity index (χ0) is 13.9. The monoisotopic (exact) mass is 282 g/mol. The third-order valence-electron chi connectivity index (χ3n) is 3.44. The van der Waals surface area contributed by atoms with E-state index < -0.39 is 0 Å². The molecule has 3 rings (SSSR count). The van der Waals surface area contributed by atoms with E-state index in [1.54, 1.807) is 11.3 Å². The number of hydrogen-bond donors (Lipinski definition) is 1. The summed E-state index contributed by atoms with van der Waals surface area (Å²) in [7, 11) is 0. The minimum absolute atomic E-state index is 0.673.